The van der Waals surface area contributed by atoms with Crippen LogP contribution in [0.25, 0.3) is 0 Å². The van der Waals surface area contributed by atoms with E-state index in [9.17, 15) is 19.5 Å². The van der Waals surface area contributed by atoms with Crippen molar-refractivity contribution in [2.45, 2.75) is 76.2 Å². The van der Waals surface area contributed by atoms with E-state index < -0.39 is 35.1 Å². The molecule has 6 atom stereocenters. The minimum absolute atomic E-state index is 0.152. The van der Waals surface area contributed by atoms with Crippen molar-refractivity contribution in [2.75, 3.05) is 33.3 Å². The molecule has 1 N–H and O–H groups in total. The first-order chi connectivity index (χ1) is 16.2. The van der Waals surface area contributed by atoms with E-state index in [1.54, 1.807) is 35.9 Å². The topological polar surface area (TPSA) is 90.4 Å². The Morgan fingerprint density at radius 1 is 1.24 bits per heavy atom. The van der Waals surface area contributed by atoms with E-state index in [0.29, 0.717) is 38.9 Å². The maximum Gasteiger partial charge on any atom is 0.248 e. The zero-order chi connectivity index (χ0) is 25.3. The highest BCUT2D eigenvalue weighted by molar-refractivity contribution is 5.99. The molecule has 0 aromatic carbocycles. The number of hydrogen-bond donors (Lipinski definition) is 1. The predicted molar refractivity (Wildman–Crippen MR) is 130 cm³/mol. The molecule has 3 aliphatic heterocycles. The van der Waals surface area contributed by atoms with Gasteiger partial charge in [0.25, 0.3) is 0 Å². The monoisotopic (exact) mass is 475 g/mol. The average Bonchev–Trinajstić information content (AvgIpc) is 3.44. The fourth-order valence-corrected chi connectivity index (χ4v) is 6.36. The lowest BCUT2D eigenvalue weighted by Gasteiger charge is -2.38. The van der Waals surface area contributed by atoms with Gasteiger partial charge < -0.3 is 24.5 Å². The normalized spacial score (nSPS) is 32.4. The molecule has 0 aromatic rings. The van der Waals surface area contributed by atoms with Crippen LogP contribution in [0.3, 0.4) is 0 Å². The van der Waals surface area contributed by atoms with Crippen LogP contribution >= 0.6 is 0 Å². The predicted octanol–water partition coefficient (Wildman–Crippen LogP) is 1.98. The standard InChI is InChI=1S/C26H41N3O5/c1-7-11-16-28(15-9-3)24(33)21-26-13-12-25(10-4,34-26)19(22(31)27(6)14-8-2)20(26)23(32)29(21)18(5)17-30/h8-9,18-21,30H,2-3,7,10-17H2,1,4-6H3/t18-,19+,20+,21?,25-,26?/m1/s1. The Labute approximate surface area is 203 Å². The Hall–Kier alpha value is -2.19. The molecule has 1 spiro atoms. The highest BCUT2D eigenvalue weighted by Crippen LogP contribution is 2.64. The molecule has 3 fully saturated rings. The van der Waals surface area contributed by atoms with E-state index in [2.05, 4.69) is 20.1 Å². The minimum atomic E-state index is -1.07. The van der Waals surface area contributed by atoms with Gasteiger partial charge >= 0.3 is 0 Å². The van der Waals surface area contributed by atoms with Crippen LogP contribution in [0.15, 0.2) is 25.3 Å². The number of hydrogen-bond acceptors (Lipinski definition) is 5. The zero-order valence-electron chi connectivity index (χ0n) is 21.2. The molecule has 3 aliphatic rings. The van der Waals surface area contributed by atoms with Crippen LogP contribution in [-0.4, -0.2) is 94.1 Å². The third kappa shape index (κ3) is 3.88. The summed E-state index contributed by atoms with van der Waals surface area (Å²) in [4.78, 5) is 46.5. The van der Waals surface area contributed by atoms with E-state index >= 15 is 0 Å². The van der Waals surface area contributed by atoms with E-state index in [1.165, 1.54) is 4.90 Å². The maximum atomic E-state index is 14.1. The van der Waals surface area contributed by atoms with Crippen molar-refractivity contribution in [2.24, 2.45) is 11.8 Å². The molecule has 3 rings (SSSR count). The van der Waals surface area contributed by atoms with Crippen LogP contribution in [0.1, 0.15) is 52.9 Å². The van der Waals surface area contributed by atoms with Gasteiger partial charge in [0.1, 0.15) is 11.6 Å². The molecular weight excluding hydrogens is 434 g/mol. The second-order valence-electron chi connectivity index (χ2n) is 10.0. The number of aliphatic hydroxyl groups is 1. The fourth-order valence-electron chi connectivity index (χ4n) is 6.36. The third-order valence-corrected chi connectivity index (χ3v) is 8.08. The zero-order valence-corrected chi connectivity index (χ0v) is 21.2. The molecule has 2 unspecified atom stereocenters. The number of nitrogens with zero attached hydrogens (tertiary/aromatic N) is 3. The summed E-state index contributed by atoms with van der Waals surface area (Å²) in [6.45, 7) is 14.3. The first-order valence-corrected chi connectivity index (χ1v) is 12.6. The van der Waals surface area contributed by atoms with Crippen LogP contribution in [0, 0.1) is 11.8 Å². The smallest absolute Gasteiger partial charge is 0.248 e. The fraction of sp³-hybridized carbons (Fsp3) is 0.731. The summed E-state index contributed by atoms with van der Waals surface area (Å²) in [5.41, 5.74) is -1.85. The number of carbonyl (C=O) groups is 3. The third-order valence-electron chi connectivity index (χ3n) is 8.08. The van der Waals surface area contributed by atoms with Gasteiger partial charge in [-0.05, 0) is 32.6 Å². The Morgan fingerprint density at radius 3 is 2.47 bits per heavy atom. The number of likely N-dealkylation sites (N-methyl/N-ethyl adjacent to an activating group) is 1. The molecule has 0 aliphatic carbocycles. The van der Waals surface area contributed by atoms with Crippen molar-refractivity contribution in [3.8, 4) is 0 Å². The number of fused-ring (bicyclic) bond motifs is 1. The van der Waals surface area contributed by atoms with E-state index in [1.807, 2.05) is 6.92 Å². The number of rotatable bonds is 12. The molecule has 190 valence electrons. The van der Waals surface area contributed by atoms with E-state index in [-0.39, 0.29) is 24.3 Å². The summed E-state index contributed by atoms with van der Waals surface area (Å²) in [5, 5.41) is 9.99. The SMILES string of the molecule is C=CCN(C)C(=O)[C@@H]1[C@H]2C(=O)N([C@H](C)CO)C(C(=O)N(CC=C)CCCC)C23CC[C@@]1(CC)O3. The molecule has 8 nitrogen and oxygen atoms in total. The van der Waals surface area contributed by atoms with Crippen molar-refractivity contribution in [1.82, 2.24) is 14.7 Å². The van der Waals surface area contributed by atoms with Crippen molar-refractivity contribution in [3.63, 3.8) is 0 Å². The van der Waals surface area contributed by atoms with Crippen molar-refractivity contribution in [1.29, 1.82) is 0 Å². The van der Waals surface area contributed by atoms with Gasteiger partial charge in [0.15, 0.2) is 0 Å². The van der Waals surface area contributed by atoms with Gasteiger partial charge in [0.2, 0.25) is 17.7 Å². The first-order valence-electron chi connectivity index (χ1n) is 12.6. The Balaban J connectivity index is 2.11. The number of amides is 3. The van der Waals surface area contributed by atoms with Crippen molar-refractivity contribution >= 4 is 17.7 Å². The number of unbranched alkanes of at least 4 members (excludes halogenated alkanes) is 1. The number of ether oxygens (including phenoxy) is 1. The van der Waals surface area contributed by atoms with Crippen LogP contribution < -0.4 is 0 Å². The Kier molecular flexibility index (Phi) is 7.92. The molecule has 0 saturated carbocycles. The molecule has 0 radical (unpaired) electrons. The van der Waals surface area contributed by atoms with Crippen molar-refractivity contribution < 1.29 is 24.2 Å². The van der Waals surface area contributed by atoms with Gasteiger partial charge in [-0.2, -0.15) is 0 Å². The van der Waals surface area contributed by atoms with Crippen LogP contribution in [0.4, 0.5) is 0 Å². The van der Waals surface area contributed by atoms with Gasteiger partial charge in [-0.25, -0.2) is 0 Å². The van der Waals surface area contributed by atoms with Gasteiger partial charge in [-0.15, -0.1) is 13.2 Å². The summed E-state index contributed by atoms with van der Waals surface area (Å²) >= 11 is 0. The number of likely N-dealkylation sites (tertiary alicyclic amines) is 1. The first kappa shape index (κ1) is 26.4. The average molecular weight is 476 g/mol. The maximum absolute atomic E-state index is 14.1. The molecule has 0 aromatic heterocycles. The lowest BCUT2D eigenvalue weighted by molar-refractivity contribution is -0.157. The van der Waals surface area contributed by atoms with Gasteiger partial charge in [-0.3, -0.25) is 14.4 Å². The van der Waals surface area contributed by atoms with Crippen molar-refractivity contribution in [3.05, 3.63) is 25.3 Å². The summed E-state index contributed by atoms with van der Waals surface area (Å²) in [5.74, 6) is -2.03. The second kappa shape index (κ2) is 10.2. The molecule has 3 saturated heterocycles. The highest BCUT2D eigenvalue weighted by atomic mass is 16.5. The molecule has 8 heteroatoms. The Bertz CT molecular complexity index is 831. The van der Waals surface area contributed by atoms with Gasteiger partial charge in [-0.1, -0.05) is 32.4 Å². The molecule has 34 heavy (non-hydrogen) atoms. The lowest BCUT2D eigenvalue weighted by atomic mass is 9.64. The molecular formula is C26H41N3O5. The molecule has 3 amide bonds. The van der Waals surface area contributed by atoms with Crippen LogP contribution in [-0.2, 0) is 19.1 Å². The second-order valence-corrected chi connectivity index (χ2v) is 10.0. The minimum Gasteiger partial charge on any atom is -0.394 e. The Morgan fingerprint density at radius 2 is 1.91 bits per heavy atom. The van der Waals surface area contributed by atoms with Crippen LogP contribution in [0.2, 0.25) is 0 Å². The van der Waals surface area contributed by atoms with Gasteiger partial charge in [0, 0.05) is 26.7 Å². The number of carbonyl (C=O) groups excluding carboxylic acids is 3. The largest absolute Gasteiger partial charge is 0.394 e. The molecule has 3 heterocycles. The van der Waals surface area contributed by atoms with Gasteiger partial charge in [0.05, 0.1) is 30.1 Å². The lowest BCUT2D eigenvalue weighted by Crippen LogP contribution is -2.58. The molecule has 2 bridgehead atoms. The summed E-state index contributed by atoms with van der Waals surface area (Å²) in [6, 6.07) is -1.44. The quantitative estimate of drug-likeness (QED) is 0.436. The summed E-state index contributed by atoms with van der Waals surface area (Å²) in [6.07, 6.45) is 6.84. The summed E-state index contributed by atoms with van der Waals surface area (Å²) in [7, 11) is 1.71. The van der Waals surface area contributed by atoms with E-state index in [0.717, 1.165) is 12.8 Å². The summed E-state index contributed by atoms with van der Waals surface area (Å²) < 4.78 is 6.75. The highest BCUT2D eigenvalue weighted by Gasteiger charge is 2.79. The number of aliphatic hydroxyl groups excluding tert-OH is 1. The van der Waals surface area contributed by atoms with E-state index in [4.69, 9.17) is 4.74 Å². The van der Waals surface area contributed by atoms with Crippen LogP contribution in [0.5, 0.6) is 0 Å².